The van der Waals surface area contributed by atoms with Crippen molar-refractivity contribution in [3.05, 3.63) is 77.2 Å². The van der Waals surface area contributed by atoms with E-state index in [2.05, 4.69) is 60.0 Å². The second-order valence-corrected chi connectivity index (χ2v) is 9.43. The van der Waals surface area contributed by atoms with E-state index in [0.29, 0.717) is 12.5 Å². The van der Waals surface area contributed by atoms with Crippen LogP contribution >= 0.6 is 0 Å². The van der Waals surface area contributed by atoms with Crippen LogP contribution in [0.4, 0.5) is 0 Å². The number of fused-ring (bicyclic) bond motifs is 1. The standard InChI is InChI=1S/C29H32N4O3/c1-5-7-22(17-28(34)35)21-8-10-23(11-9-21)36-27(16-19(2)3)24-12-13-25-26(18-33-15-6-14-30-33)31-32-29(25)20(24)4/h6,8-15,19,22,27H,16-18H2,1-4H3,(H,31,32)(H,34,35). The van der Waals surface area contributed by atoms with Crippen LogP contribution in [0.2, 0.25) is 0 Å². The molecule has 2 unspecified atom stereocenters. The predicted molar refractivity (Wildman–Crippen MR) is 140 cm³/mol. The van der Waals surface area contributed by atoms with Crippen LogP contribution in [0.3, 0.4) is 0 Å². The average molecular weight is 485 g/mol. The molecule has 36 heavy (non-hydrogen) atoms. The van der Waals surface area contributed by atoms with Crippen LogP contribution in [0.15, 0.2) is 54.9 Å². The number of aryl methyl sites for hydroxylation is 1. The van der Waals surface area contributed by atoms with E-state index < -0.39 is 5.97 Å². The van der Waals surface area contributed by atoms with Crippen LogP contribution in [0.1, 0.15) is 68.0 Å². The summed E-state index contributed by atoms with van der Waals surface area (Å²) < 4.78 is 8.38. The van der Waals surface area contributed by atoms with Crippen molar-refractivity contribution >= 4 is 16.9 Å². The summed E-state index contributed by atoms with van der Waals surface area (Å²) in [4.78, 5) is 11.2. The second kappa shape index (κ2) is 11.1. The average Bonchev–Trinajstić information content (AvgIpc) is 3.50. The van der Waals surface area contributed by atoms with Gasteiger partial charge in [0, 0.05) is 17.8 Å². The zero-order valence-electron chi connectivity index (χ0n) is 21.2. The topological polar surface area (TPSA) is 93.0 Å². The number of aromatic nitrogens is 4. The third-order valence-corrected chi connectivity index (χ3v) is 6.27. The molecule has 2 heterocycles. The van der Waals surface area contributed by atoms with Crippen molar-refractivity contribution in [1.82, 2.24) is 20.0 Å². The summed E-state index contributed by atoms with van der Waals surface area (Å²) in [6.07, 6.45) is 4.39. The number of benzene rings is 2. The Labute approximate surface area is 211 Å². The summed E-state index contributed by atoms with van der Waals surface area (Å²) >= 11 is 0. The van der Waals surface area contributed by atoms with Gasteiger partial charge in [0.2, 0.25) is 0 Å². The molecular weight excluding hydrogens is 452 g/mol. The smallest absolute Gasteiger partial charge is 0.304 e. The minimum absolute atomic E-state index is 0.0255. The molecule has 0 amide bonds. The third-order valence-electron chi connectivity index (χ3n) is 6.27. The highest BCUT2D eigenvalue weighted by Crippen LogP contribution is 2.34. The van der Waals surface area contributed by atoms with E-state index in [9.17, 15) is 9.90 Å². The molecular formula is C29H32N4O3. The lowest BCUT2D eigenvalue weighted by molar-refractivity contribution is -0.137. The molecule has 0 saturated heterocycles. The van der Waals surface area contributed by atoms with Gasteiger partial charge in [0.05, 0.1) is 30.1 Å². The van der Waals surface area contributed by atoms with E-state index in [0.717, 1.165) is 45.5 Å². The SMILES string of the molecule is CC#CC(CC(=O)O)c1ccc(OC(CC(C)C)c2ccc3c(Cn4cccn4)[nH]nc3c2C)cc1. The summed E-state index contributed by atoms with van der Waals surface area (Å²) in [5, 5.41) is 22.4. The first-order valence-electron chi connectivity index (χ1n) is 12.2. The van der Waals surface area contributed by atoms with E-state index >= 15 is 0 Å². The maximum atomic E-state index is 11.2. The number of aromatic amines is 1. The van der Waals surface area contributed by atoms with Gasteiger partial charge in [-0.25, -0.2) is 0 Å². The molecule has 0 spiro atoms. The number of carboxylic acids is 1. The number of ether oxygens (including phenoxy) is 1. The molecule has 7 nitrogen and oxygen atoms in total. The highest BCUT2D eigenvalue weighted by Gasteiger charge is 2.21. The molecule has 2 N–H and O–H groups in total. The Morgan fingerprint density at radius 3 is 2.61 bits per heavy atom. The van der Waals surface area contributed by atoms with Crippen molar-refractivity contribution in [2.45, 2.75) is 59.1 Å². The third kappa shape index (κ3) is 5.77. The van der Waals surface area contributed by atoms with E-state index in [4.69, 9.17) is 4.74 Å². The number of carbonyl (C=O) groups is 1. The van der Waals surface area contributed by atoms with Crippen LogP contribution in [0, 0.1) is 24.7 Å². The minimum atomic E-state index is -0.864. The number of nitrogens with zero attached hydrogens (tertiary/aromatic N) is 3. The van der Waals surface area contributed by atoms with Gasteiger partial charge in [-0.1, -0.05) is 44.0 Å². The van der Waals surface area contributed by atoms with Crippen LogP contribution in [-0.2, 0) is 11.3 Å². The Morgan fingerprint density at radius 1 is 1.19 bits per heavy atom. The zero-order valence-corrected chi connectivity index (χ0v) is 21.2. The van der Waals surface area contributed by atoms with Gasteiger partial charge in [0.25, 0.3) is 0 Å². The van der Waals surface area contributed by atoms with Gasteiger partial charge in [-0.3, -0.25) is 14.6 Å². The molecule has 0 aliphatic rings. The fourth-order valence-corrected chi connectivity index (χ4v) is 4.52. The normalized spacial score (nSPS) is 12.8. The van der Waals surface area contributed by atoms with E-state index in [1.807, 2.05) is 41.2 Å². The molecule has 0 saturated carbocycles. The maximum Gasteiger partial charge on any atom is 0.304 e. The lowest BCUT2D eigenvalue weighted by Gasteiger charge is -2.23. The molecule has 2 atom stereocenters. The summed E-state index contributed by atoms with van der Waals surface area (Å²) in [5.41, 5.74) is 5.04. The molecule has 0 fully saturated rings. The Kier molecular flexibility index (Phi) is 7.74. The van der Waals surface area contributed by atoms with Gasteiger partial charge in [-0.05, 0) is 61.1 Å². The van der Waals surface area contributed by atoms with Crippen molar-refractivity contribution in [2.75, 3.05) is 0 Å². The number of rotatable bonds is 10. The van der Waals surface area contributed by atoms with Crippen molar-refractivity contribution in [2.24, 2.45) is 5.92 Å². The lowest BCUT2D eigenvalue weighted by atomic mass is 9.94. The summed E-state index contributed by atoms with van der Waals surface area (Å²) in [6, 6.07) is 13.8. The maximum absolute atomic E-state index is 11.2. The molecule has 2 aromatic heterocycles. The van der Waals surface area contributed by atoms with Crippen LogP contribution in [0.5, 0.6) is 5.75 Å². The van der Waals surface area contributed by atoms with E-state index in [1.165, 1.54) is 0 Å². The van der Waals surface area contributed by atoms with Gasteiger partial charge < -0.3 is 9.84 Å². The summed E-state index contributed by atoms with van der Waals surface area (Å²) in [5.74, 6) is 5.80. The van der Waals surface area contributed by atoms with Crippen LogP contribution < -0.4 is 4.74 Å². The molecule has 4 rings (SSSR count). The van der Waals surface area contributed by atoms with Crippen molar-refractivity contribution in [1.29, 1.82) is 0 Å². The fourth-order valence-electron chi connectivity index (χ4n) is 4.52. The van der Waals surface area contributed by atoms with Gasteiger partial charge in [0.15, 0.2) is 0 Å². The number of nitrogens with one attached hydrogen (secondary N) is 1. The molecule has 4 aromatic rings. The van der Waals surface area contributed by atoms with Crippen LogP contribution in [0.25, 0.3) is 10.9 Å². The molecule has 0 bridgehead atoms. The summed E-state index contributed by atoms with van der Waals surface area (Å²) in [7, 11) is 0. The van der Waals surface area contributed by atoms with E-state index in [1.54, 1.807) is 13.1 Å². The second-order valence-electron chi connectivity index (χ2n) is 9.43. The van der Waals surface area contributed by atoms with Gasteiger partial charge >= 0.3 is 5.97 Å². The number of aliphatic carboxylic acids is 1. The number of H-pyrrole nitrogens is 1. The van der Waals surface area contributed by atoms with E-state index in [-0.39, 0.29) is 18.4 Å². The first-order chi connectivity index (χ1) is 17.4. The molecule has 186 valence electrons. The molecule has 0 radical (unpaired) electrons. The molecule has 2 aromatic carbocycles. The Hall–Kier alpha value is -4.05. The Morgan fingerprint density at radius 2 is 1.97 bits per heavy atom. The van der Waals surface area contributed by atoms with Crippen molar-refractivity contribution in [3.8, 4) is 17.6 Å². The monoisotopic (exact) mass is 484 g/mol. The summed E-state index contributed by atoms with van der Waals surface area (Å²) in [6.45, 7) is 8.82. The van der Waals surface area contributed by atoms with Gasteiger partial charge in [-0.15, -0.1) is 5.92 Å². The Balaban J connectivity index is 1.60. The lowest BCUT2D eigenvalue weighted by Crippen LogP contribution is -2.12. The number of hydrogen-bond donors (Lipinski definition) is 2. The van der Waals surface area contributed by atoms with Crippen LogP contribution in [-0.4, -0.2) is 31.1 Å². The molecule has 0 aliphatic heterocycles. The molecule has 0 aliphatic carbocycles. The number of hydrogen-bond acceptors (Lipinski definition) is 4. The first-order valence-corrected chi connectivity index (χ1v) is 12.2. The number of carboxylic acid groups (broad SMARTS) is 1. The van der Waals surface area contributed by atoms with Gasteiger partial charge in [0.1, 0.15) is 11.9 Å². The highest BCUT2D eigenvalue weighted by atomic mass is 16.5. The van der Waals surface area contributed by atoms with Crippen molar-refractivity contribution in [3.63, 3.8) is 0 Å². The highest BCUT2D eigenvalue weighted by molar-refractivity contribution is 5.85. The van der Waals surface area contributed by atoms with Crippen molar-refractivity contribution < 1.29 is 14.6 Å². The quantitative estimate of drug-likeness (QED) is 0.275. The zero-order chi connectivity index (χ0) is 25.7. The largest absolute Gasteiger partial charge is 0.486 e. The van der Waals surface area contributed by atoms with Gasteiger partial charge in [-0.2, -0.15) is 10.2 Å². The predicted octanol–water partition coefficient (Wildman–Crippen LogP) is 5.86. The Bertz CT molecular complexity index is 1380. The first kappa shape index (κ1) is 25.1. The molecule has 7 heteroatoms. The fraction of sp³-hybridized carbons (Fsp3) is 0.345. The minimum Gasteiger partial charge on any atom is -0.486 e.